The van der Waals surface area contributed by atoms with E-state index in [1.165, 1.54) is 36.1 Å². The molecule has 20 heavy (non-hydrogen) atoms. The van der Waals surface area contributed by atoms with E-state index in [0.29, 0.717) is 0 Å². The van der Waals surface area contributed by atoms with Crippen molar-refractivity contribution >= 4 is 21.7 Å². The van der Waals surface area contributed by atoms with E-state index in [9.17, 15) is 18.0 Å². The molecule has 0 aromatic heterocycles. The van der Waals surface area contributed by atoms with Crippen LogP contribution in [0.5, 0.6) is 0 Å². The summed E-state index contributed by atoms with van der Waals surface area (Å²) >= 11 is 0. The summed E-state index contributed by atoms with van der Waals surface area (Å²) < 4.78 is 27.6. The highest BCUT2D eigenvalue weighted by molar-refractivity contribution is 7.90. The Morgan fingerprint density at radius 2 is 1.65 bits per heavy atom. The summed E-state index contributed by atoms with van der Waals surface area (Å²) in [7, 11) is -0.180. The van der Waals surface area contributed by atoms with Crippen molar-refractivity contribution in [1.29, 1.82) is 0 Å². The van der Waals surface area contributed by atoms with E-state index in [2.05, 4.69) is 0 Å². The minimum absolute atomic E-state index is 0.117. The van der Waals surface area contributed by atoms with Crippen LogP contribution in [0.25, 0.3) is 0 Å². The number of carbonyl (C=O) groups excluding carboxylic acids is 2. The Labute approximate surface area is 118 Å². The SMILES string of the molecule is C[C@@H](OC(=O)c1ccc(S(C)(=O)=O)cc1)C(=O)N(C)C. The molecule has 1 amide bonds. The average molecular weight is 299 g/mol. The van der Waals surface area contributed by atoms with E-state index >= 15 is 0 Å². The zero-order chi connectivity index (χ0) is 15.5. The first-order valence-electron chi connectivity index (χ1n) is 5.85. The predicted molar refractivity (Wildman–Crippen MR) is 73.1 cm³/mol. The summed E-state index contributed by atoms with van der Waals surface area (Å²) in [5.41, 5.74) is 0.191. The fourth-order valence-corrected chi connectivity index (χ4v) is 2.11. The second-order valence-corrected chi connectivity index (χ2v) is 6.59. The molecule has 0 fully saturated rings. The number of ether oxygens (including phenoxy) is 1. The minimum Gasteiger partial charge on any atom is -0.449 e. The molecule has 0 aliphatic carbocycles. The van der Waals surface area contributed by atoms with E-state index in [-0.39, 0.29) is 16.4 Å². The molecule has 6 nitrogen and oxygen atoms in total. The molecule has 0 saturated heterocycles. The summed E-state index contributed by atoms with van der Waals surface area (Å²) in [6.45, 7) is 1.48. The van der Waals surface area contributed by atoms with Crippen molar-refractivity contribution in [2.75, 3.05) is 20.4 Å². The van der Waals surface area contributed by atoms with Crippen LogP contribution in [-0.2, 0) is 19.4 Å². The maximum Gasteiger partial charge on any atom is 0.338 e. The molecule has 0 saturated carbocycles. The van der Waals surface area contributed by atoms with Gasteiger partial charge in [-0.1, -0.05) is 0 Å². The topological polar surface area (TPSA) is 80.8 Å². The fourth-order valence-electron chi connectivity index (χ4n) is 1.48. The van der Waals surface area contributed by atoms with E-state index in [0.717, 1.165) is 6.26 Å². The lowest BCUT2D eigenvalue weighted by Crippen LogP contribution is -2.34. The second kappa shape index (κ2) is 6.04. The van der Waals surface area contributed by atoms with Crippen molar-refractivity contribution in [3.05, 3.63) is 29.8 Å². The zero-order valence-corrected chi connectivity index (χ0v) is 12.6. The smallest absolute Gasteiger partial charge is 0.338 e. The number of esters is 1. The van der Waals surface area contributed by atoms with Gasteiger partial charge >= 0.3 is 5.97 Å². The molecule has 0 spiro atoms. The molecule has 7 heteroatoms. The monoisotopic (exact) mass is 299 g/mol. The van der Waals surface area contributed by atoms with Gasteiger partial charge in [-0.25, -0.2) is 13.2 Å². The van der Waals surface area contributed by atoms with Gasteiger partial charge in [-0.15, -0.1) is 0 Å². The second-order valence-electron chi connectivity index (χ2n) is 4.58. The van der Waals surface area contributed by atoms with Crippen molar-refractivity contribution in [1.82, 2.24) is 4.90 Å². The Morgan fingerprint density at radius 1 is 1.15 bits per heavy atom. The molecule has 1 rings (SSSR count). The standard InChI is InChI=1S/C13H17NO5S/c1-9(12(15)14(2)3)19-13(16)10-5-7-11(8-6-10)20(4,17)18/h5-9H,1-4H3/t9-/m1/s1. The van der Waals surface area contributed by atoms with Crippen LogP contribution in [0.4, 0.5) is 0 Å². The van der Waals surface area contributed by atoms with Crippen LogP contribution in [0.1, 0.15) is 17.3 Å². The van der Waals surface area contributed by atoms with Crippen LogP contribution in [0.3, 0.4) is 0 Å². The first kappa shape index (κ1) is 16.2. The predicted octanol–water partition coefficient (Wildman–Crippen LogP) is 0.724. The molecule has 1 atom stereocenters. The normalized spacial score (nSPS) is 12.6. The molecule has 0 unspecified atom stereocenters. The number of hydrogen-bond acceptors (Lipinski definition) is 5. The van der Waals surface area contributed by atoms with Gasteiger partial charge in [0.2, 0.25) is 0 Å². The Morgan fingerprint density at radius 3 is 2.05 bits per heavy atom. The van der Waals surface area contributed by atoms with Gasteiger partial charge in [0.15, 0.2) is 15.9 Å². The molecule has 0 N–H and O–H groups in total. The van der Waals surface area contributed by atoms with Crippen LogP contribution in [0.2, 0.25) is 0 Å². The van der Waals surface area contributed by atoms with Crippen molar-refractivity contribution in [3.8, 4) is 0 Å². The van der Waals surface area contributed by atoms with Gasteiger partial charge in [-0.2, -0.15) is 0 Å². The maximum atomic E-state index is 11.8. The lowest BCUT2D eigenvalue weighted by molar-refractivity contribution is -0.137. The van der Waals surface area contributed by atoms with Crippen molar-refractivity contribution in [3.63, 3.8) is 0 Å². The first-order chi connectivity index (χ1) is 9.12. The van der Waals surface area contributed by atoms with Crippen LogP contribution < -0.4 is 0 Å². The van der Waals surface area contributed by atoms with Crippen molar-refractivity contribution in [2.24, 2.45) is 0 Å². The summed E-state index contributed by atoms with van der Waals surface area (Å²) in [5, 5.41) is 0. The molecular formula is C13H17NO5S. The molecule has 0 aliphatic rings. The largest absolute Gasteiger partial charge is 0.449 e. The molecule has 1 aromatic carbocycles. The van der Waals surface area contributed by atoms with Gasteiger partial charge in [-0.3, -0.25) is 4.79 Å². The summed E-state index contributed by atoms with van der Waals surface area (Å²) in [5.74, 6) is -1.00. The van der Waals surface area contributed by atoms with Gasteiger partial charge in [-0.05, 0) is 31.2 Å². The number of nitrogens with zero attached hydrogens (tertiary/aromatic N) is 1. The van der Waals surface area contributed by atoms with E-state index < -0.39 is 21.9 Å². The molecule has 0 radical (unpaired) electrons. The molecule has 0 heterocycles. The minimum atomic E-state index is -3.31. The molecule has 110 valence electrons. The van der Waals surface area contributed by atoms with Crippen LogP contribution in [0.15, 0.2) is 29.2 Å². The highest BCUT2D eigenvalue weighted by Gasteiger charge is 2.20. The number of rotatable bonds is 4. The molecule has 1 aromatic rings. The Kier molecular flexibility index (Phi) is 4.88. The van der Waals surface area contributed by atoms with Crippen LogP contribution in [0, 0.1) is 0 Å². The van der Waals surface area contributed by atoms with E-state index in [1.807, 2.05) is 0 Å². The van der Waals surface area contributed by atoms with E-state index in [4.69, 9.17) is 4.74 Å². The van der Waals surface area contributed by atoms with Gasteiger partial charge in [0.1, 0.15) is 0 Å². The summed E-state index contributed by atoms with van der Waals surface area (Å²) in [4.78, 5) is 24.8. The number of benzene rings is 1. The summed E-state index contributed by atoms with van der Waals surface area (Å²) in [6, 6.07) is 5.35. The molecular weight excluding hydrogens is 282 g/mol. The lowest BCUT2D eigenvalue weighted by atomic mass is 10.2. The number of amides is 1. The lowest BCUT2D eigenvalue weighted by Gasteiger charge is -2.17. The zero-order valence-electron chi connectivity index (χ0n) is 11.8. The third-order valence-electron chi connectivity index (χ3n) is 2.59. The number of likely N-dealkylation sites (N-methyl/N-ethyl adjacent to an activating group) is 1. The van der Waals surface area contributed by atoms with Gasteiger partial charge in [0.25, 0.3) is 5.91 Å². The van der Waals surface area contributed by atoms with Gasteiger partial charge < -0.3 is 9.64 Å². The maximum absolute atomic E-state index is 11.8. The number of sulfone groups is 1. The molecule has 0 aliphatic heterocycles. The highest BCUT2D eigenvalue weighted by Crippen LogP contribution is 2.12. The van der Waals surface area contributed by atoms with Crippen molar-refractivity contribution < 1.29 is 22.7 Å². The van der Waals surface area contributed by atoms with Gasteiger partial charge in [0.05, 0.1) is 10.5 Å². The van der Waals surface area contributed by atoms with Crippen LogP contribution >= 0.6 is 0 Å². The van der Waals surface area contributed by atoms with E-state index in [1.54, 1.807) is 14.1 Å². The Hall–Kier alpha value is -1.89. The first-order valence-corrected chi connectivity index (χ1v) is 7.74. The van der Waals surface area contributed by atoms with Crippen LogP contribution in [-0.4, -0.2) is 51.6 Å². The third-order valence-corrected chi connectivity index (χ3v) is 3.72. The summed E-state index contributed by atoms with van der Waals surface area (Å²) in [6.07, 6.45) is 0.185. The van der Waals surface area contributed by atoms with Crippen molar-refractivity contribution in [2.45, 2.75) is 17.9 Å². The average Bonchev–Trinajstić information content (AvgIpc) is 2.36. The van der Waals surface area contributed by atoms with Gasteiger partial charge in [0, 0.05) is 20.4 Å². The number of carbonyl (C=O) groups is 2. The Balaban J connectivity index is 2.81. The highest BCUT2D eigenvalue weighted by atomic mass is 32.2. The molecule has 0 bridgehead atoms. The fraction of sp³-hybridized carbons (Fsp3) is 0.385. The number of hydrogen-bond donors (Lipinski definition) is 0. The quantitative estimate of drug-likeness (QED) is 0.765. The Bertz CT molecular complexity index is 604. The third kappa shape index (κ3) is 4.06.